The number of amides is 1. The zero-order chi connectivity index (χ0) is 14.1. The Morgan fingerprint density at radius 2 is 1.89 bits per heavy atom. The van der Waals surface area contributed by atoms with Crippen molar-refractivity contribution in [2.45, 2.75) is 25.5 Å². The average Bonchev–Trinajstić information content (AvgIpc) is 2.20. The van der Waals surface area contributed by atoms with E-state index in [-0.39, 0.29) is 5.75 Å². The van der Waals surface area contributed by atoms with Crippen molar-refractivity contribution in [1.82, 2.24) is 0 Å². The van der Waals surface area contributed by atoms with Crippen LogP contribution in [0.5, 0.6) is 5.75 Å². The molecular formula is C12H17NO4S. The number of anilines is 1. The van der Waals surface area contributed by atoms with Crippen LogP contribution in [0, 0.1) is 6.92 Å². The minimum atomic E-state index is -3.50. The van der Waals surface area contributed by atoms with E-state index in [1.54, 1.807) is 6.92 Å². The number of phenolic OH excluding ortho intramolecular Hbond substituents is 1. The van der Waals surface area contributed by atoms with E-state index in [1.807, 2.05) is 0 Å². The van der Waals surface area contributed by atoms with Crippen LogP contribution in [-0.2, 0) is 14.6 Å². The first-order valence-electron chi connectivity index (χ1n) is 5.36. The molecule has 18 heavy (non-hydrogen) atoms. The third-order valence-electron chi connectivity index (χ3n) is 2.93. The second-order valence-electron chi connectivity index (χ2n) is 4.74. The van der Waals surface area contributed by atoms with E-state index in [0.29, 0.717) is 11.3 Å². The number of benzene rings is 1. The Hall–Kier alpha value is -1.56. The zero-order valence-electron chi connectivity index (χ0n) is 10.8. The molecule has 0 spiro atoms. The molecule has 1 rings (SSSR count). The Morgan fingerprint density at radius 1 is 1.33 bits per heavy atom. The molecule has 1 aromatic rings. The van der Waals surface area contributed by atoms with E-state index in [0.717, 1.165) is 6.26 Å². The van der Waals surface area contributed by atoms with Crippen molar-refractivity contribution in [2.75, 3.05) is 11.6 Å². The molecule has 1 amide bonds. The number of rotatable bonds is 3. The molecule has 6 heteroatoms. The molecular weight excluding hydrogens is 254 g/mol. The fourth-order valence-electron chi connectivity index (χ4n) is 1.23. The summed E-state index contributed by atoms with van der Waals surface area (Å²) in [6.45, 7) is 4.42. The molecule has 5 nitrogen and oxygen atoms in total. The van der Waals surface area contributed by atoms with Gasteiger partial charge in [0.15, 0.2) is 9.84 Å². The fraction of sp³-hybridized carbons (Fsp3) is 0.417. The normalized spacial score (nSPS) is 12.2. The van der Waals surface area contributed by atoms with Crippen molar-refractivity contribution < 1.29 is 18.3 Å². The summed E-state index contributed by atoms with van der Waals surface area (Å²) in [6, 6.07) is 4.44. The molecule has 0 unspecified atom stereocenters. The molecule has 100 valence electrons. The number of aryl methyl sites for hydroxylation is 1. The standard InChI is InChI=1S/C12H17NO4S/c1-8-7-9(14)5-6-10(8)13-11(15)12(2,3)18(4,16)17/h5-7,14H,1-4H3,(H,13,15). The lowest BCUT2D eigenvalue weighted by Crippen LogP contribution is -2.43. The highest BCUT2D eigenvalue weighted by molar-refractivity contribution is 7.92. The topological polar surface area (TPSA) is 83.5 Å². The maximum atomic E-state index is 12.0. The first kappa shape index (κ1) is 14.5. The summed E-state index contributed by atoms with van der Waals surface area (Å²) < 4.78 is 21.5. The molecule has 0 saturated carbocycles. The molecule has 0 atom stereocenters. The van der Waals surface area contributed by atoms with Gasteiger partial charge in [-0.25, -0.2) is 8.42 Å². The van der Waals surface area contributed by atoms with Gasteiger partial charge in [-0.2, -0.15) is 0 Å². The van der Waals surface area contributed by atoms with E-state index in [4.69, 9.17) is 0 Å². The molecule has 0 heterocycles. The molecule has 0 bridgehead atoms. The predicted octanol–water partition coefficient (Wildman–Crippen LogP) is 1.46. The summed E-state index contributed by atoms with van der Waals surface area (Å²) in [5, 5.41) is 11.8. The third-order valence-corrected chi connectivity index (χ3v) is 4.97. The van der Waals surface area contributed by atoms with Crippen LogP contribution in [0.2, 0.25) is 0 Å². The van der Waals surface area contributed by atoms with Crippen molar-refractivity contribution >= 4 is 21.4 Å². The van der Waals surface area contributed by atoms with Crippen molar-refractivity contribution in [3.05, 3.63) is 23.8 Å². The molecule has 0 fully saturated rings. The number of hydrogen-bond donors (Lipinski definition) is 2. The lowest BCUT2D eigenvalue weighted by molar-refractivity contribution is -0.117. The first-order chi connectivity index (χ1) is 8.05. The largest absolute Gasteiger partial charge is 0.508 e. The Kier molecular flexibility index (Phi) is 3.71. The molecule has 0 aromatic heterocycles. The van der Waals surface area contributed by atoms with Gasteiger partial charge in [0.25, 0.3) is 0 Å². The number of nitrogens with one attached hydrogen (secondary N) is 1. The van der Waals surface area contributed by atoms with Gasteiger partial charge in [-0.1, -0.05) is 0 Å². The number of phenols is 1. The van der Waals surface area contributed by atoms with Crippen LogP contribution in [0.15, 0.2) is 18.2 Å². The van der Waals surface area contributed by atoms with Crippen LogP contribution in [-0.4, -0.2) is 30.4 Å². The molecule has 0 radical (unpaired) electrons. The first-order valence-corrected chi connectivity index (χ1v) is 7.25. The number of carbonyl (C=O) groups is 1. The van der Waals surface area contributed by atoms with E-state index < -0.39 is 20.5 Å². The summed E-state index contributed by atoms with van der Waals surface area (Å²) in [4.78, 5) is 12.0. The van der Waals surface area contributed by atoms with Gasteiger partial charge >= 0.3 is 0 Å². The highest BCUT2D eigenvalue weighted by atomic mass is 32.2. The van der Waals surface area contributed by atoms with Gasteiger partial charge < -0.3 is 10.4 Å². The van der Waals surface area contributed by atoms with Gasteiger partial charge in [0, 0.05) is 11.9 Å². The van der Waals surface area contributed by atoms with Gasteiger partial charge in [0.2, 0.25) is 5.91 Å². The summed E-state index contributed by atoms with van der Waals surface area (Å²) >= 11 is 0. The van der Waals surface area contributed by atoms with Crippen molar-refractivity contribution in [1.29, 1.82) is 0 Å². The second kappa shape index (κ2) is 4.61. The Morgan fingerprint density at radius 3 is 2.33 bits per heavy atom. The van der Waals surface area contributed by atoms with Gasteiger partial charge in [0.1, 0.15) is 10.5 Å². The van der Waals surface area contributed by atoms with Crippen LogP contribution >= 0.6 is 0 Å². The number of carbonyl (C=O) groups excluding carboxylic acids is 1. The minimum absolute atomic E-state index is 0.0906. The van der Waals surface area contributed by atoms with Crippen LogP contribution in [0.3, 0.4) is 0 Å². The average molecular weight is 271 g/mol. The van der Waals surface area contributed by atoms with Crippen molar-refractivity contribution in [2.24, 2.45) is 0 Å². The van der Waals surface area contributed by atoms with E-state index in [2.05, 4.69) is 5.32 Å². The smallest absolute Gasteiger partial charge is 0.245 e. The van der Waals surface area contributed by atoms with Crippen molar-refractivity contribution in [3.63, 3.8) is 0 Å². The van der Waals surface area contributed by atoms with Gasteiger partial charge in [0.05, 0.1) is 0 Å². The SMILES string of the molecule is Cc1cc(O)ccc1NC(=O)C(C)(C)S(C)(=O)=O. The van der Waals surface area contributed by atoms with Crippen LogP contribution in [0.4, 0.5) is 5.69 Å². The molecule has 0 aliphatic carbocycles. The summed E-state index contributed by atoms with van der Waals surface area (Å²) in [6.07, 6.45) is 1.02. The van der Waals surface area contributed by atoms with Crippen LogP contribution in [0.1, 0.15) is 19.4 Å². The monoisotopic (exact) mass is 271 g/mol. The number of sulfone groups is 1. The van der Waals surface area contributed by atoms with E-state index in [1.165, 1.54) is 32.0 Å². The maximum absolute atomic E-state index is 12.0. The minimum Gasteiger partial charge on any atom is -0.508 e. The molecule has 1 aromatic carbocycles. The third kappa shape index (κ3) is 2.81. The van der Waals surface area contributed by atoms with Gasteiger partial charge in [-0.3, -0.25) is 4.79 Å². The lowest BCUT2D eigenvalue weighted by atomic mass is 10.1. The van der Waals surface area contributed by atoms with Gasteiger partial charge in [-0.15, -0.1) is 0 Å². The molecule has 2 N–H and O–H groups in total. The quantitative estimate of drug-likeness (QED) is 0.815. The highest BCUT2D eigenvalue weighted by Gasteiger charge is 2.38. The Labute approximate surface area is 107 Å². The summed E-state index contributed by atoms with van der Waals surface area (Å²) in [7, 11) is -3.50. The lowest BCUT2D eigenvalue weighted by Gasteiger charge is -2.22. The van der Waals surface area contributed by atoms with E-state index >= 15 is 0 Å². The number of aromatic hydroxyl groups is 1. The summed E-state index contributed by atoms with van der Waals surface area (Å²) in [5.41, 5.74) is 1.14. The maximum Gasteiger partial charge on any atom is 0.245 e. The molecule has 0 saturated heterocycles. The Balaban J connectivity index is 3.02. The van der Waals surface area contributed by atoms with Crippen molar-refractivity contribution in [3.8, 4) is 5.75 Å². The molecule has 0 aliphatic heterocycles. The van der Waals surface area contributed by atoms with Crippen LogP contribution < -0.4 is 5.32 Å². The van der Waals surface area contributed by atoms with Gasteiger partial charge in [-0.05, 0) is 44.5 Å². The number of hydrogen-bond acceptors (Lipinski definition) is 4. The van der Waals surface area contributed by atoms with E-state index in [9.17, 15) is 18.3 Å². The summed E-state index contributed by atoms with van der Waals surface area (Å²) in [5.74, 6) is -0.508. The predicted molar refractivity (Wildman–Crippen MR) is 70.4 cm³/mol. The van der Waals surface area contributed by atoms with Crippen LogP contribution in [0.25, 0.3) is 0 Å². The molecule has 0 aliphatic rings. The highest BCUT2D eigenvalue weighted by Crippen LogP contribution is 2.23. The zero-order valence-corrected chi connectivity index (χ0v) is 11.6. The fourth-order valence-corrected chi connectivity index (χ4v) is 1.62. The Bertz CT molecular complexity index is 576. The second-order valence-corrected chi connectivity index (χ2v) is 7.30.